The van der Waals surface area contributed by atoms with E-state index in [1.165, 1.54) is 6.92 Å². The first-order chi connectivity index (χ1) is 7.50. The molecule has 0 amide bonds. The molecule has 0 aliphatic rings. The van der Waals surface area contributed by atoms with Crippen molar-refractivity contribution in [1.82, 2.24) is 4.98 Å². The molecule has 2 aromatic rings. The number of nitrogens with one attached hydrogen (secondary N) is 1. The third kappa shape index (κ3) is 1.48. The van der Waals surface area contributed by atoms with Gasteiger partial charge in [-0.1, -0.05) is 11.6 Å². The van der Waals surface area contributed by atoms with Crippen LogP contribution in [0.1, 0.15) is 33.3 Å². The quantitative estimate of drug-likeness (QED) is 0.758. The van der Waals surface area contributed by atoms with Crippen molar-refractivity contribution < 1.29 is 14.7 Å². The van der Waals surface area contributed by atoms with Crippen LogP contribution in [0.25, 0.3) is 10.9 Å². The lowest BCUT2D eigenvalue weighted by Gasteiger charge is -1.96. The molecule has 0 aliphatic heterocycles. The van der Waals surface area contributed by atoms with Crippen LogP contribution in [0.4, 0.5) is 0 Å². The molecule has 0 saturated carbocycles. The number of aromatic amines is 1. The number of aromatic carboxylic acids is 1. The number of rotatable bonds is 2. The Morgan fingerprint density at radius 2 is 2.00 bits per heavy atom. The van der Waals surface area contributed by atoms with Crippen LogP contribution in [-0.4, -0.2) is 21.8 Å². The van der Waals surface area contributed by atoms with Gasteiger partial charge in [-0.3, -0.25) is 4.79 Å². The number of carboxylic acids is 1. The zero-order valence-electron chi connectivity index (χ0n) is 9.00. The Labute approximate surface area is 91.9 Å². The zero-order valence-corrected chi connectivity index (χ0v) is 9.00. The van der Waals surface area contributed by atoms with Crippen molar-refractivity contribution in [2.24, 2.45) is 0 Å². The predicted octanol–water partition coefficient (Wildman–Crippen LogP) is 2.38. The van der Waals surface area contributed by atoms with Gasteiger partial charge in [0, 0.05) is 10.9 Å². The molecule has 0 aliphatic carbocycles. The minimum Gasteiger partial charge on any atom is -0.477 e. The first-order valence-electron chi connectivity index (χ1n) is 4.87. The van der Waals surface area contributed by atoms with Gasteiger partial charge in [-0.05, 0) is 26.0 Å². The highest BCUT2D eigenvalue weighted by Crippen LogP contribution is 2.24. The number of carbonyl (C=O) groups is 2. The Morgan fingerprint density at radius 1 is 1.31 bits per heavy atom. The average Bonchev–Trinajstić information content (AvgIpc) is 2.55. The van der Waals surface area contributed by atoms with Crippen LogP contribution in [0.15, 0.2) is 18.2 Å². The van der Waals surface area contributed by atoms with E-state index < -0.39 is 5.97 Å². The number of carboxylic acid groups (broad SMARTS) is 1. The molecule has 0 atom stereocenters. The van der Waals surface area contributed by atoms with Gasteiger partial charge in [-0.25, -0.2) is 4.79 Å². The van der Waals surface area contributed by atoms with Crippen LogP contribution in [0.5, 0.6) is 0 Å². The van der Waals surface area contributed by atoms with Gasteiger partial charge in [-0.15, -0.1) is 0 Å². The number of hydrogen-bond donors (Lipinski definition) is 2. The van der Waals surface area contributed by atoms with Gasteiger partial charge in [0.1, 0.15) is 5.69 Å². The number of ketones is 1. The third-order valence-corrected chi connectivity index (χ3v) is 2.52. The fourth-order valence-corrected chi connectivity index (χ4v) is 1.83. The summed E-state index contributed by atoms with van der Waals surface area (Å²) >= 11 is 0. The summed E-state index contributed by atoms with van der Waals surface area (Å²) in [5.74, 6) is -1.35. The summed E-state index contributed by atoms with van der Waals surface area (Å²) in [6, 6.07) is 5.47. The second kappa shape index (κ2) is 3.48. The topological polar surface area (TPSA) is 70.2 Å². The van der Waals surface area contributed by atoms with Crippen molar-refractivity contribution in [2.75, 3.05) is 0 Å². The molecule has 0 unspecified atom stereocenters. The van der Waals surface area contributed by atoms with Crippen LogP contribution in [-0.2, 0) is 0 Å². The number of aromatic nitrogens is 1. The maximum absolute atomic E-state index is 11.5. The molecule has 1 aromatic carbocycles. The van der Waals surface area contributed by atoms with Crippen LogP contribution < -0.4 is 0 Å². The molecule has 0 radical (unpaired) electrons. The minimum atomic E-state index is -1.11. The molecular weight excluding hydrogens is 206 g/mol. The molecule has 82 valence electrons. The number of aryl methyl sites for hydroxylation is 1. The Balaban J connectivity index is 2.88. The normalized spacial score (nSPS) is 10.6. The number of benzene rings is 1. The first kappa shape index (κ1) is 10.4. The van der Waals surface area contributed by atoms with E-state index in [1.54, 1.807) is 6.07 Å². The molecule has 0 fully saturated rings. The molecule has 0 saturated heterocycles. The van der Waals surface area contributed by atoms with Crippen molar-refractivity contribution in [3.05, 3.63) is 35.0 Å². The van der Waals surface area contributed by atoms with E-state index in [-0.39, 0.29) is 17.0 Å². The smallest absolute Gasteiger partial charge is 0.353 e. The number of H-pyrrole nitrogens is 1. The van der Waals surface area contributed by atoms with Gasteiger partial charge in [-0.2, -0.15) is 0 Å². The summed E-state index contributed by atoms with van der Waals surface area (Å²) in [5, 5.41) is 9.67. The Morgan fingerprint density at radius 3 is 2.56 bits per heavy atom. The monoisotopic (exact) mass is 217 g/mol. The van der Waals surface area contributed by atoms with E-state index in [0.29, 0.717) is 10.9 Å². The second-order valence-electron chi connectivity index (χ2n) is 3.79. The van der Waals surface area contributed by atoms with Crippen molar-refractivity contribution in [3.8, 4) is 0 Å². The van der Waals surface area contributed by atoms with Gasteiger partial charge < -0.3 is 10.1 Å². The molecule has 1 aromatic heterocycles. The lowest BCUT2D eigenvalue weighted by Crippen LogP contribution is -2.04. The number of fused-ring (bicyclic) bond motifs is 1. The van der Waals surface area contributed by atoms with Gasteiger partial charge in [0.25, 0.3) is 0 Å². The predicted molar refractivity (Wildman–Crippen MR) is 60.0 cm³/mol. The molecule has 4 nitrogen and oxygen atoms in total. The van der Waals surface area contributed by atoms with Crippen LogP contribution in [0.2, 0.25) is 0 Å². The molecule has 2 rings (SSSR count). The standard InChI is InChI=1S/C12H11NO3/c1-6-3-4-9-8(5-6)10(7(2)14)11(13-9)12(15)16/h3-5,13H,1-2H3,(H,15,16). The Kier molecular flexibility index (Phi) is 2.27. The van der Waals surface area contributed by atoms with E-state index >= 15 is 0 Å². The Bertz CT molecular complexity index is 596. The lowest BCUT2D eigenvalue weighted by atomic mass is 10.1. The maximum atomic E-state index is 11.5. The van der Waals surface area contributed by atoms with Crippen molar-refractivity contribution in [3.63, 3.8) is 0 Å². The number of hydrogen-bond acceptors (Lipinski definition) is 2. The van der Waals surface area contributed by atoms with E-state index in [2.05, 4.69) is 4.98 Å². The molecule has 1 heterocycles. The van der Waals surface area contributed by atoms with E-state index in [4.69, 9.17) is 5.11 Å². The number of carbonyl (C=O) groups excluding carboxylic acids is 1. The summed E-state index contributed by atoms with van der Waals surface area (Å²) < 4.78 is 0. The summed E-state index contributed by atoms with van der Waals surface area (Å²) in [6.45, 7) is 3.27. The maximum Gasteiger partial charge on any atom is 0.353 e. The lowest BCUT2D eigenvalue weighted by molar-refractivity contribution is 0.0687. The summed E-state index contributed by atoms with van der Waals surface area (Å²) in [6.07, 6.45) is 0. The van der Waals surface area contributed by atoms with Gasteiger partial charge in [0.2, 0.25) is 0 Å². The van der Waals surface area contributed by atoms with Crippen molar-refractivity contribution in [1.29, 1.82) is 0 Å². The fourth-order valence-electron chi connectivity index (χ4n) is 1.83. The third-order valence-electron chi connectivity index (χ3n) is 2.52. The summed E-state index contributed by atoms with van der Waals surface area (Å²) in [4.78, 5) is 25.2. The summed E-state index contributed by atoms with van der Waals surface area (Å²) in [5.41, 5.74) is 1.89. The highest BCUT2D eigenvalue weighted by molar-refractivity contribution is 6.14. The van der Waals surface area contributed by atoms with Crippen molar-refractivity contribution >= 4 is 22.7 Å². The SMILES string of the molecule is CC(=O)c1c(C(=O)O)[nH]c2ccc(C)cc12. The second-order valence-corrected chi connectivity index (χ2v) is 3.79. The Hall–Kier alpha value is -2.10. The molecule has 4 heteroatoms. The molecular formula is C12H11NO3. The van der Waals surface area contributed by atoms with Crippen LogP contribution in [0, 0.1) is 6.92 Å². The van der Waals surface area contributed by atoms with Gasteiger partial charge in [0.15, 0.2) is 5.78 Å². The highest BCUT2D eigenvalue weighted by Gasteiger charge is 2.19. The highest BCUT2D eigenvalue weighted by atomic mass is 16.4. The molecule has 0 bridgehead atoms. The largest absolute Gasteiger partial charge is 0.477 e. The fraction of sp³-hybridized carbons (Fsp3) is 0.167. The minimum absolute atomic E-state index is 0.0342. The van der Waals surface area contributed by atoms with Crippen LogP contribution >= 0.6 is 0 Å². The van der Waals surface area contributed by atoms with E-state index in [1.807, 2.05) is 19.1 Å². The molecule has 0 spiro atoms. The molecule has 2 N–H and O–H groups in total. The first-order valence-corrected chi connectivity index (χ1v) is 4.87. The van der Waals surface area contributed by atoms with Crippen molar-refractivity contribution in [2.45, 2.75) is 13.8 Å². The van der Waals surface area contributed by atoms with E-state index in [9.17, 15) is 9.59 Å². The van der Waals surface area contributed by atoms with Crippen LogP contribution in [0.3, 0.4) is 0 Å². The van der Waals surface area contributed by atoms with Gasteiger partial charge >= 0.3 is 5.97 Å². The molecule has 16 heavy (non-hydrogen) atoms. The van der Waals surface area contributed by atoms with Gasteiger partial charge in [0.05, 0.1) is 5.56 Å². The zero-order chi connectivity index (χ0) is 11.9. The van der Waals surface area contributed by atoms with E-state index in [0.717, 1.165) is 5.56 Å². The number of Topliss-reactive ketones (excluding diaryl/α,β-unsaturated/α-hetero) is 1. The average molecular weight is 217 g/mol. The summed E-state index contributed by atoms with van der Waals surface area (Å²) in [7, 11) is 0.